The molecule has 5 aliphatic rings. The topological polar surface area (TPSA) is 18.8 Å². The number of nitrogens with zero attached hydrogens (tertiary/aromatic N) is 3. The summed E-state index contributed by atoms with van der Waals surface area (Å²) < 4.78 is 0. The van der Waals surface area contributed by atoms with E-state index >= 15 is 0 Å². The van der Waals surface area contributed by atoms with Crippen LogP contribution in [-0.4, -0.2) is 29.4 Å². The third kappa shape index (κ3) is 4.37. The van der Waals surface area contributed by atoms with E-state index in [1.165, 1.54) is 50.5 Å². The quantitative estimate of drug-likeness (QED) is 0.222. The molecule has 2 heterocycles. The Morgan fingerprint density at radius 3 is 2.18 bits per heavy atom. The van der Waals surface area contributed by atoms with Gasteiger partial charge in [0.25, 0.3) is 0 Å². The third-order valence-corrected chi connectivity index (χ3v) is 11.9. The maximum Gasteiger partial charge on any atom is 0.130 e. The van der Waals surface area contributed by atoms with Gasteiger partial charge in [0.15, 0.2) is 0 Å². The van der Waals surface area contributed by atoms with Gasteiger partial charge in [0.05, 0.1) is 11.3 Å². The number of fused-ring (bicyclic) bond motifs is 6. The monoisotopic (exact) mass is 637 g/mol. The summed E-state index contributed by atoms with van der Waals surface area (Å²) in [5, 5.41) is 0. The van der Waals surface area contributed by atoms with E-state index < -0.39 is 0 Å². The van der Waals surface area contributed by atoms with E-state index in [9.17, 15) is 0 Å². The maximum atomic E-state index is 5.47. The molecule has 49 heavy (non-hydrogen) atoms. The lowest BCUT2D eigenvalue weighted by molar-refractivity contribution is 0.197. The number of benzene rings is 4. The highest BCUT2D eigenvalue weighted by Gasteiger charge is 2.50. The third-order valence-electron chi connectivity index (χ3n) is 11.9. The van der Waals surface area contributed by atoms with Gasteiger partial charge >= 0.3 is 0 Å². The molecule has 0 aromatic heterocycles. The van der Waals surface area contributed by atoms with Crippen molar-refractivity contribution in [3.63, 3.8) is 0 Å². The van der Waals surface area contributed by atoms with Crippen molar-refractivity contribution in [1.82, 2.24) is 4.90 Å². The smallest absolute Gasteiger partial charge is 0.130 e. The van der Waals surface area contributed by atoms with E-state index in [2.05, 4.69) is 190 Å². The summed E-state index contributed by atoms with van der Waals surface area (Å²) in [6.07, 6.45) is 19.6. The largest absolute Gasteiger partial charge is 0.352 e. The van der Waals surface area contributed by atoms with Gasteiger partial charge in [0.1, 0.15) is 6.17 Å². The van der Waals surface area contributed by atoms with Crippen LogP contribution in [0.15, 0.2) is 156 Å². The standard InChI is InChI=1S/C46H43N3/c1-44(2)37-21-13-12-20-34(37)35-28-36-38-22-14-15-25-46(38,4)49(42(36)29-39(35)44)33-23-26-45(3,27-24-33)43-47-40(31-16-8-6-9-17-31)30-41(48(43)5)32-18-10-7-11-19-32/h6-26,28-30,38,43H,27H2,1-5H3. The van der Waals surface area contributed by atoms with Crippen LogP contribution in [0, 0.1) is 5.41 Å². The second kappa shape index (κ2) is 10.7. The Kier molecular flexibility index (Phi) is 6.52. The Morgan fingerprint density at radius 1 is 0.735 bits per heavy atom. The molecule has 9 rings (SSSR count). The van der Waals surface area contributed by atoms with Gasteiger partial charge < -0.3 is 9.80 Å². The molecule has 3 aliphatic carbocycles. The Labute approximate surface area is 291 Å². The molecule has 3 nitrogen and oxygen atoms in total. The highest BCUT2D eigenvalue weighted by atomic mass is 15.3. The molecule has 0 radical (unpaired) electrons. The first kappa shape index (κ1) is 29.9. The molecule has 4 unspecified atom stereocenters. The lowest BCUT2D eigenvalue weighted by Gasteiger charge is -2.45. The minimum absolute atomic E-state index is 0.0493. The van der Waals surface area contributed by atoms with E-state index in [0.29, 0.717) is 0 Å². The van der Waals surface area contributed by atoms with Crippen molar-refractivity contribution in [2.24, 2.45) is 10.4 Å². The number of allylic oxidation sites excluding steroid dienone is 5. The Balaban J connectivity index is 1.11. The van der Waals surface area contributed by atoms with Crippen molar-refractivity contribution in [2.45, 2.75) is 57.2 Å². The van der Waals surface area contributed by atoms with E-state index in [1.54, 1.807) is 0 Å². The summed E-state index contributed by atoms with van der Waals surface area (Å²) in [6, 6.07) is 35.3. The van der Waals surface area contributed by atoms with E-state index in [-0.39, 0.29) is 28.5 Å². The van der Waals surface area contributed by atoms with Gasteiger partial charge in [0, 0.05) is 40.9 Å². The maximum absolute atomic E-state index is 5.47. The number of hydrogen-bond acceptors (Lipinski definition) is 3. The van der Waals surface area contributed by atoms with E-state index in [1.807, 2.05) is 0 Å². The molecule has 4 aromatic carbocycles. The SMILES string of the molecule is CN1C(c2ccccc2)=CC(c2ccccc2)=NC1C1(C)C=CC(N2c3cc4c(cc3C3C=CC=CC32C)-c2ccccc2C4(C)C)=CC1. The van der Waals surface area contributed by atoms with Crippen molar-refractivity contribution in [1.29, 1.82) is 0 Å². The van der Waals surface area contributed by atoms with Crippen molar-refractivity contribution < 1.29 is 0 Å². The van der Waals surface area contributed by atoms with Gasteiger partial charge in [-0.1, -0.05) is 142 Å². The van der Waals surface area contributed by atoms with Crippen LogP contribution >= 0.6 is 0 Å². The van der Waals surface area contributed by atoms with Crippen LogP contribution in [0.3, 0.4) is 0 Å². The molecule has 0 saturated carbocycles. The van der Waals surface area contributed by atoms with E-state index in [4.69, 9.17) is 4.99 Å². The highest BCUT2D eigenvalue weighted by Crippen LogP contribution is 2.58. The molecule has 2 aliphatic heterocycles. The normalized spacial score (nSPS) is 27.2. The summed E-state index contributed by atoms with van der Waals surface area (Å²) in [6.45, 7) is 9.54. The molecule has 0 saturated heterocycles. The molecule has 3 heteroatoms. The summed E-state index contributed by atoms with van der Waals surface area (Å²) in [7, 11) is 2.20. The first-order valence-corrected chi connectivity index (χ1v) is 17.7. The number of rotatable bonds is 4. The fourth-order valence-corrected chi connectivity index (χ4v) is 9.19. The minimum Gasteiger partial charge on any atom is -0.352 e. The zero-order chi connectivity index (χ0) is 33.5. The van der Waals surface area contributed by atoms with Crippen molar-refractivity contribution in [2.75, 3.05) is 11.9 Å². The van der Waals surface area contributed by atoms with E-state index in [0.717, 1.165) is 17.7 Å². The molecular weight excluding hydrogens is 595 g/mol. The predicted octanol–water partition coefficient (Wildman–Crippen LogP) is 10.4. The van der Waals surface area contributed by atoms with Gasteiger partial charge in [-0.2, -0.15) is 0 Å². The lowest BCUT2D eigenvalue weighted by Crippen LogP contribution is -2.47. The van der Waals surface area contributed by atoms with Gasteiger partial charge in [-0.25, -0.2) is 0 Å². The molecule has 4 atom stereocenters. The van der Waals surface area contributed by atoms with Crippen LogP contribution in [0.2, 0.25) is 0 Å². The number of aliphatic imine (C=N–C) groups is 1. The lowest BCUT2D eigenvalue weighted by atomic mass is 9.77. The van der Waals surface area contributed by atoms with Crippen LogP contribution in [-0.2, 0) is 5.41 Å². The Bertz CT molecular complexity index is 2180. The highest BCUT2D eigenvalue weighted by molar-refractivity contribution is 6.13. The molecule has 0 fully saturated rings. The zero-order valence-electron chi connectivity index (χ0n) is 29.1. The average molecular weight is 638 g/mol. The molecular formula is C46H43N3. The first-order chi connectivity index (χ1) is 23.7. The first-order valence-electron chi connectivity index (χ1n) is 17.7. The number of anilines is 1. The summed E-state index contributed by atoms with van der Waals surface area (Å²) >= 11 is 0. The molecule has 0 amide bonds. The van der Waals surface area contributed by atoms with Crippen LogP contribution in [0.5, 0.6) is 0 Å². The van der Waals surface area contributed by atoms with Crippen molar-refractivity contribution >= 4 is 17.1 Å². The fraction of sp³-hybridized carbons (Fsp3) is 0.239. The summed E-state index contributed by atoms with van der Waals surface area (Å²) in [4.78, 5) is 10.5. The molecule has 4 aromatic rings. The van der Waals surface area contributed by atoms with Crippen LogP contribution < -0.4 is 4.90 Å². The van der Waals surface area contributed by atoms with Gasteiger partial charge in [0.2, 0.25) is 0 Å². The minimum atomic E-state index is -0.209. The second-order valence-corrected chi connectivity index (χ2v) is 15.3. The van der Waals surface area contributed by atoms with Crippen molar-refractivity contribution in [3.8, 4) is 11.1 Å². The molecule has 0 spiro atoms. The summed E-state index contributed by atoms with van der Waals surface area (Å²) in [5.74, 6) is 0.275. The molecule has 0 N–H and O–H groups in total. The van der Waals surface area contributed by atoms with Crippen LogP contribution in [0.25, 0.3) is 16.8 Å². The van der Waals surface area contributed by atoms with Gasteiger partial charge in [-0.05, 0) is 76.6 Å². The fourth-order valence-electron chi connectivity index (χ4n) is 9.19. The van der Waals surface area contributed by atoms with Gasteiger partial charge in [-0.3, -0.25) is 4.99 Å². The van der Waals surface area contributed by atoms with Crippen LogP contribution in [0.4, 0.5) is 5.69 Å². The second-order valence-electron chi connectivity index (χ2n) is 15.3. The Morgan fingerprint density at radius 2 is 1.45 bits per heavy atom. The number of hydrogen-bond donors (Lipinski definition) is 0. The molecule has 242 valence electrons. The Hall–Kier alpha value is -5.15. The average Bonchev–Trinajstić information content (AvgIpc) is 3.52. The summed E-state index contributed by atoms with van der Waals surface area (Å²) in [5.41, 5.74) is 13.8. The van der Waals surface area contributed by atoms with Gasteiger partial charge in [-0.15, -0.1) is 0 Å². The predicted molar refractivity (Wildman–Crippen MR) is 205 cm³/mol. The van der Waals surface area contributed by atoms with Crippen molar-refractivity contribution in [3.05, 3.63) is 179 Å². The molecule has 0 bridgehead atoms. The van der Waals surface area contributed by atoms with Crippen LogP contribution in [0.1, 0.15) is 67.9 Å². The zero-order valence-corrected chi connectivity index (χ0v) is 29.1.